The van der Waals surface area contributed by atoms with Gasteiger partial charge in [-0.2, -0.15) is 0 Å². The number of benzene rings is 1. The Morgan fingerprint density at radius 3 is 2.56 bits per heavy atom. The lowest BCUT2D eigenvalue weighted by Crippen LogP contribution is -2.15. The lowest BCUT2D eigenvalue weighted by molar-refractivity contribution is -0.142. The topological polar surface area (TPSA) is 60.4 Å². The van der Waals surface area contributed by atoms with Crippen molar-refractivity contribution in [1.29, 1.82) is 0 Å². The van der Waals surface area contributed by atoms with Gasteiger partial charge in [-0.25, -0.2) is 0 Å². The van der Waals surface area contributed by atoms with Crippen LogP contribution in [0.25, 0.3) is 0 Å². The molecule has 0 spiro atoms. The standard InChI is InChI=1S/C19H17ClO4S/c20-18-8-7-17(25-18)15(21)6-9-19(23)24-11-16(22)14-5-4-12-2-1-3-13(12)10-14/h4-5,7-8,10H,1-3,6,9,11H2. The van der Waals surface area contributed by atoms with Crippen molar-refractivity contribution in [2.75, 3.05) is 6.61 Å². The maximum absolute atomic E-state index is 12.2. The van der Waals surface area contributed by atoms with E-state index in [-0.39, 0.29) is 31.0 Å². The molecule has 2 aromatic rings. The fourth-order valence-electron chi connectivity index (χ4n) is 2.85. The zero-order valence-electron chi connectivity index (χ0n) is 13.5. The molecule has 1 aliphatic rings. The molecule has 0 fully saturated rings. The summed E-state index contributed by atoms with van der Waals surface area (Å²) in [4.78, 5) is 36.3. The van der Waals surface area contributed by atoms with Crippen LogP contribution >= 0.6 is 22.9 Å². The summed E-state index contributed by atoms with van der Waals surface area (Å²) in [7, 11) is 0. The SMILES string of the molecule is O=C(CCC(=O)c1ccc(Cl)s1)OCC(=O)c1ccc2c(c1)CCC2. The second kappa shape index (κ2) is 7.93. The number of carbonyl (C=O) groups is 3. The third-order valence-corrected chi connectivity index (χ3v) is 5.46. The number of hydrogen-bond acceptors (Lipinski definition) is 5. The van der Waals surface area contributed by atoms with Crippen LogP contribution in [-0.4, -0.2) is 24.1 Å². The molecule has 3 rings (SSSR count). The Bertz CT molecular complexity index is 825. The van der Waals surface area contributed by atoms with Crippen molar-refractivity contribution in [1.82, 2.24) is 0 Å². The van der Waals surface area contributed by atoms with E-state index < -0.39 is 5.97 Å². The van der Waals surface area contributed by atoms with Crippen LogP contribution in [0.2, 0.25) is 4.34 Å². The first-order valence-corrected chi connectivity index (χ1v) is 9.31. The van der Waals surface area contributed by atoms with E-state index in [0.29, 0.717) is 14.8 Å². The number of halogens is 1. The predicted octanol–water partition coefficient (Wildman–Crippen LogP) is 4.28. The Hall–Kier alpha value is -1.98. The maximum Gasteiger partial charge on any atom is 0.306 e. The predicted molar refractivity (Wildman–Crippen MR) is 96.7 cm³/mol. The number of aryl methyl sites for hydroxylation is 2. The lowest BCUT2D eigenvalue weighted by atomic mass is 10.0. The maximum atomic E-state index is 12.2. The number of ketones is 2. The smallest absolute Gasteiger partial charge is 0.306 e. The Morgan fingerprint density at radius 2 is 1.80 bits per heavy atom. The van der Waals surface area contributed by atoms with Gasteiger partial charge >= 0.3 is 5.97 Å². The molecule has 0 unspecified atom stereocenters. The van der Waals surface area contributed by atoms with Crippen LogP contribution in [-0.2, 0) is 22.4 Å². The third kappa shape index (κ3) is 4.55. The van der Waals surface area contributed by atoms with E-state index in [4.69, 9.17) is 16.3 Å². The van der Waals surface area contributed by atoms with Gasteiger partial charge in [-0.1, -0.05) is 23.7 Å². The van der Waals surface area contributed by atoms with Gasteiger partial charge in [0, 0.05) is 12.0 Å². The van der Waals surface area contributed by atoms with E-state index >= 15 is 0 Å². The minimum atomic E-state index is -0.550. The number of esters is 1. The molecule has 1 aromatic carbocycles. The van der Waals surface area contributed by atoms with Crippen molar-refractivity contribution in [3.8, 4) is 0 Å². The monoisotopic (exact) mass is 376 g/mol. The van der Waals surface area contributed by atoms with Gasteiger partial charge in [-0.05, 0) is 48.6 Å². The van der Waals surface area contributed by atoms with Crippen LogP contribution in [0.15, 0.2) is 30.3 Å². The van der Waals surface area contributed by atoms with Gasteiger partial charge in [-0.15, -0.1) is 11.3 Å². The van der Waals surface area contributed by atoms with Crippen molar-refractivity contribution in [3.05, 3.63) is 56.2 Å². The fourth-order valence-corrected chi connectivity index (χ4v) is 3.86. The van der Waals surface area contributed by atoms with Crippen LogP contribution in [0.1, 0.15) is 50.4 Å². The number of carbonyl (C=O) groups excluding carboxylic acids is 3. The minimum Gasteiger partial charge on any atom is -0.457 e. The highest BCUT2D eigenvalue weighted by Crippen LogP contribution is 2.24. The van der Waals surface area contributed by atoms with Gasteiger partial charge in [0.25, 0.3) is 0 Å². The zero-order valence-corrected chi connectivity index (χ0v) is 15.1. The van der Waals surface area contributed by atoms with Crippen molar-refractivity contribution >= 4 is 40.5 Å². The summed E-state index contributed by atoms with van der Waals surface area (Å²) >= 11 is 6.96. The summed E-state index contributed by atoms with van der Waals surface area (Å²) in [5, 5.41) is 0. The van der Waals surface area contributed by atoms with E-state index in [1.165, 1.54) is 22.5 Å². The van der Waals surface area contributed by atoms with Crippen LogP contribution in [0, 0.1) is 0 Å². The quantitative estimate of drug-likeness (QED) is 0.534. The van der Waals surface area contributed by atoms with Gasteiger partial charge in [0.15, 0.2) is 18.2 Å². The van der Waals surface area contributed by atoms with E-state index in [0.717, 1.165) is 19.3 Å². The number of rotatable bonds is 7. The van der Waals surface area contributed by atoms with E-state index in [1.54, 1.807) is 18.2 Å². The molecule has 25 heavy (non-hydrogen) atoms. The second-order valence-electron chi connectivity index (χ2n) is 5.95. The summed E-state index contributed by atoms with van der Waals surface area (Å²) in [6.45, 7) is -0.295. The molecule has 0 N–H and O–H groups in total. The first-order valence-electron chi connectivity index (χ1n) is 8.12. The molecule has 1 aliphatic carbocycles. The molecule has 0 atom stereocenters. The highest BCUT2D eigenvalue weighted by atomic mass is 35.5. The normalized spacial score (nSPS) is 12.7. The summed E-state index contributed by atoms with van der Waals surface area (Å²) < 4.78 is 5.54. The van der Waals surface area contributed by atoms with Gasteiger partial charge in [-0.3, -0.25) is 14.4 Å². The van der Waals surface area contributed by atoms with Crippen molar-refractivity contribution < 1.29 is 19.1 Å². The number of Topliss-reactive ketones (excluding diaryl/α,β-unsaturated/α-hetero) is 2. The minimum absolute atomic E-state index is 0.0444. The van der Waals surface area contributed by atoms with Crippen LogP contribution < -0.4 is 0 Å². The highest BCUT2D eigenvalue weighted by molar-refractivity contribution is 7.18. The fraction of sp³-hybridized carbons (Fsp3) is 0.316. The van der Waals surface area contributed by atoms with Gasteiger partial charge in [0.2, 0.25) is 0 Å². The van der Waals surface area contributed by atoms with Gasteiger partial charge in [0.05, 0.1) is 15.6 Å². The lowest BCUT2D eigenvalue weighted by Gasteiger charge is -2.06. The Balaban J connectivity index is 1.45. The van der Waals surface area contributed by atoms with E-state index in [2.05, 4.69) is 0 Å². The molecule has 4 nitrogen and oxygen atoms in total. The van der Waals surface area contributed by atoms with Crippen LogP contribution in [0.3, 0.4) is 0 Å². The average Bonchev–Trinajstić information content (AvgIpc) is 3.25. The molecule has 0 amide bonds. The third-order valence-electron chi connectivity index (χ3n) is 4.19. The molecule has 0 aliphatic heterocycles. The number of fused-ring (bicyclic) bond motifs is 1. The summed E-state index contributed by atoms with van der Waals surface area (Å²) in [6.07, 6.45) is 3.16. The second-order valence-corrected chi connectivity index (χ2v) is 7.66. The van der Waals surface area contributed by atoms with E-state index in [1.807, 2.05) is 12.1 Å². The first kappa shape index (κ1) is 17.8. The molecule has 6 heteroatoms. The van der Waals surface area contributed by atoms with Crippen LogP contribution in [0.4, 0.5) is 0 Å². The Kier molecular flexibility index (Phi) is 5.66. The summed E-state index contributed by atoms with van der Waals surface area (Å²) in [5.74, 6) is -0.927. The molecule has 130 valence electrons. The molecule has 0 bridgehead atoms. The average molecular weight is 377 g/mol. The first-order chi connectivity index (χ1) is 12.0. The van der Waals surface area contributed by atoms with Crippen molar-refractivity contribution in [3.63, 3.8) is 0 Å². The summed E-state index contributed by atoms with van der Waals surface area (Å²) in [6, 6.07) is 8.93. The van der Waals surface area contributed by atoms with Gasteiger partial charge in [0.1, 0.15) is 0 Å². The molecule has 0 saturated carbocycles. The molecule has 0 saturated heterocycles. The Labute approximate surface area is 154 Å². The zero-order chi connectivity index (χ0) is 17.8. The van der Waals surface area contributed by atoms with Crippen molar-refractivity contribution in [2.24, 2.45) is 0 Å². The van der Waals surface area contributed by atoms with Crippen LogP contribution in [0.5, 0.6) is 0 Å². The molecule has 1 aromatic heterocycles. The number of ether oxygens (including phenoxy) is 1. The molecule has 0 radical (unpaired) electrons. The van der Waals surface area contributed by atoms with Gasteiger partial charge < -0.3 is 4.74 Å². The highest BCUT2D eigenvalue weighted by Gasteiger charge is 2.16. The molecule has 1 heterocycles. The van der Waals surface area contributed by atoms with Crippen molar-refractivity contribution in [2.45, 2.75) is 32.1 Å². The molecular formula is C19H17ClO4S. The summed E-state index contributed by atoms with van der Waals surface area (Å²) in [5.41, 5.74) is 3.07. The molecular weight excluding hydrogens is 360 g/mol. The van der Waals surface area contributed by atoms with E-state index in [9.17, 15) is 14.4 Å². The Morgan fingerprint density at radius 1 is 1.00 bits per heavy atom. The largest absolute Gasteiger partial charge is 0.457 e. The number of hydrogen-bond donors (Lipinski definition) is 0. The number of thiophene rings is 1.